The van der Waals surface area contributed by atoms with Gasteiger partial charge in [0, 0.05) is 0 Å². The Balaban J connectivity index is 2.11. The molecule has 0 amide bonds. The Labute approximate surface area is 93.3 Å². The summed E-state index contributed by atoms with van der Waals surface area (Å²) in [6, 6.07) is 3.50. The fraction of sp³-hybridized carbons (Fsp3) is 0.545. The summed E-state index contributed by atoms with van der Waals surface area (Å²) in [5, 5.41) is 0. The van der Waals surface area contributed by atoms with E-state index in [2.05, 4.69) is 0 Å². The lowest BCUT2D eigenvalue weighted by molar-refractivity contribution is -0.188. The van der Waals surface area contributed by atoms with Crippen LogP contribution in [0, 0.1) is 0 Å². The summed E-state index contributed by atoms with van der Waals surface area (Å²) in [5.41, 5.74) is 0. The molecule has 1 aliphatic heterocycles. The lowest BCUT2D eigenvalue weighted by Crippen LogP contribution is -2.39. The van der Waals surface area contributed by atoms with Crippen molar-refractivity contribution in [1.82, 2.24) is 0 Å². The first kappa shape index (κ1) is 11.2. The van der Waals surface area contributed by atoms with Crippen LogP contribution in [-0.4, -0.2) is 31.9 Å². The second kappa shape index (κ2) is 5.14. The van der Waals surface area contributed by atoms with Gasteiger partial charge < -0.3 is 18.6 Å². The average molecular weight is 226 g/mol. The maximum atomic E-state index is 11.6. The summed E-state index contributed by atoms with van der Waals surface area (Å²) in [4.78, 5) is 11.6. The zero-order valence-electron chi connectivity index (χ0n) is 9.05. The van der Waals surface area contributed by atoms with Crippen LogP contribution in [-0.2, 0) is 19.0 Å². The van der Waals surface area contributed by atoms with Gasteiger partial charge in [0.25, 0.3) is 0 Å². The number of furan rings is 1. The second-order valence-electron chi connectivity index (χ2n) is 3.35. The third kappa shape index (κ3) is 2.25. The summed E-state index contributed by atoms with van der Waals surface area (Å²) in [7, 11) is 0. The number of hydrogen-bond donors (Lipinski definition) is 0. The predicted octanol–water partition coefficient (Wildman–Crippen LogP) is 1.30. The lowest BCUT2D eigenvalue weighted by Gasteiger charge is -2.28. The fourth-order valence-corrected chi connectivity index (χ4v) is 1.63. The van der Waals surface area contributed by atoms with E-state index in [1.54, 1.807) is 19.1 Å². The lowest BCUT2D eigenvalue weighted by atomic mass is 10.1. The molecule has 16 heavy (non-hydrogen) atoms. The Kier molecular flexibility index (Phi) is 3.58. The molecule has 5 heteroatoms. The Morgan fingerprint density at radius 3 is 3.00 bits per heavy atom. The van der Waals surface area contributed by atoms with Crippen molar-refractivity contribution in [1.29, 1.82) is 0 Å². The molecule has 0 aliphatic carbocycles. The van der Waals surface area contributed by atoms with Gasteiger partial charge in [-0.3, -0.25) is 0 Å². The van der Waals surface area contributed by atoms with Crippen molar-refractivity contribution in [2.75, 3.05) is 19.8 Å². The van der Waals surface area contributed by atoms with Gasteiger partial charge in [-0.05, 0) is 19.1 Å². The topological polar surface area (TPSA) is 57.9 Å². The molecule has 0 bridgehead atoms. The summed E-state index contributed by atoms with van der Waals surface area (Å²) < 4.78 is 21.0. The predicted molar refractivity (Wildman–Crippen MR) is 53.8 cm³/mol. The Morgan fingerprint density at radius 1 is 1.50 bits per heavy atom. The van der Waals surface area contributed by atoms with Crippen molar-refractivity contribution < 1.29 is 23.4 Å². The van der Waals surface area contributed by atoms with Gasteiger partial charge in [-0.2, -0.15) is 0 Å². The first-order chi connectivity index (χ1) is 7.83. The Bertz CT molecular complexity index is 332. The molecule has 0 radical (unpaired) electrons. The number of rotatable bonds is 3. The Morgan fingerprint density at radius 2 is 2.31 bits per heavy atom. The number of carbonyl (C=O) groups is 1. The molecule has 2 heterocycles. The maximum Gasteiger partial charge on any atom is 0.338 e. The maximum absolute atomic E-state index is 11.6. The van der Waals surface area contributed by atoms with E-state index in [-0.39, 0.29) is 0 Å². The minimum Gasteiger partial charge on any atom is -0.466 e. The second-order valence-corrected chi connectivity index (χ2v) is 3.35. The number of hydrogen-bond acceptors (Lipinski definition) is 5. The highest BCUT2D eigenvalue weighted by Crippen LogP contribution is 2.27. The molecule has 0 unspecified atom stereocenters. The van der Waals surface area contributed by atoms with Crippen LogP contribution in [0.15, 0.2) is 22.8 Å². The fourth-order valence-electron chi connectivity index (χ4n) is 1.63. The largest absolute Gasteiger partial charge is 0.466 e. The van der Waals surface area contributed by atoms with Crippen LogP contribution >= 0.6 is 0 Å². The molecule has 5 nitrogen and oxygen atoms in total. The van der Waals surface area contributed by atoms with Crippen LogP contribution in [0.5, 0.6) is 0 Å². The zero-order valence-corrected chi connectivity index (χ0v) is 9.05. The van der Waals surface area contributed by atoms with Gasteiger partial charge in [0.05, 0.1) is 26.1 Å². The molecule has 88 valence electrons. The molecule has 1 aromatic rings. The van der Waals surface area contributed by atoms with Crippen LogP contribution in [0.3, 0.4) is 0 Å². The minimum absolute atomic E-state index is 0.323. The van der Waals surface area contributed by atoms with Gasteiger partial charge in [-0.25, -0.2) is 4.79 Å². The van der Waals surface area contributed by atoms with Crippen LogP contribution in [0.25, 0.3) is 0 Å². The summed E-state index contributed by atoms with van der Waals surface area (Å²) >= 11 is 0. The van der Waals surface area contributed by atoms with E-state index in [0.29, 0.717) is 25.6 Å². The van der Waals surface area contributed by atoms with Crippen molar-refractivity contribution in [3.05, 3.63) is 24.2 Å². The van der Waals surface area contributed by atoms with E-state index in [0.717, 1.165) is 0 Å². The summed E-state index contributed by atoms with van der Waals surface area (Å²) in [6.45, 7) is 2.91. The summed E-state index contributed by atoms with van der Waals surface area (Å²) in [5.74, 6) is 0.168. The highest BCUT2D eigenvalue weighted by Gasteiger charge is 2.37. The highest BCUT2D eigenvalue weighted by molar-refractivity contribution is 5.75. The molecule has 2 atom stereocenters. The van der Waals surface area contributed by atoms with Gasteiger partial charge in [-0.15, -0.1) is 0 Å². The van der Waals surface area contributed by atoms with Gasteiger partial charge in [0.1, 0.15) is 5.76 Å². The average Bonchev–Trinajstić information content (AvgIpc) is 2.83. The first-order valence-electron chi connectivity index (χ1n) is 5.26. The standard InChI is InChI=1S/C11H14O5/c1-2-13-11(12)10-9(15-6-7-16-10)8-4-3-5-14-8/h3-5,9-10H,2,6-7H2,1H3/t9-,10+/m0/s1. The van der Waals surface area contributed by atoms with Crippen molar-refractivity contribution in [2.24, 2.45) is 0 Å². The smallest absolute Gasteiger partial charge is 0.338 e. The number of ether oxygens (including phenoxy) is 3. The van der Waals surface area contributed by atoms with Crippen LogP contribution < -0.4 is 0 Å². The molecule has 1 saturated heterocycles. The van der Waals surface area contributed by atoms with Gasteiger partial charge in [0.15, 0.2) is 12.2 Å². The van der Waals surface area contributed by atoms with E-state index in [1.165, 1.54) is 6.26 Å². The zero-order chi connectivity index (χ0) is 11.4. The molecular formula is C11H14O5. The van der Waals surface area contributed by atoms with E-state index >= 15 is 0 Å². The van der Waals surface area contributed by atoms with Crippen molar-refractivity contribution in [2.45, 2.75) is 19.1 Å². The van der Waals surface area contributed by atoms with Crippen LogP contribution in [0.1, 0.15) is 18.8 Å². The molecule has 2 rings (SSSR count). The van der Waals surface area contributed by atoms with Crippen molar-refractivity contribution in [3.8, 4) is 0 Å². The van der Waals surface area contributed by atoms with Gasteiger partial charge in [-0.1, -0.05) is 0 Å². The minimum atomic E-state index is -0.736. The molecular weight excluding hydrogens is 212 g/mol. The normalized spacial score (nSPS) is 25.3. The third-order valence-electron chi connectivity index (χ3n) is 2.30. The molecule has 0 N–H and O–H groups in total. The SMILES string of the molecule is CCOC(=O)[C@@H]1OCCO[C@H]1c1ccco1. The quantitative estimate of drug-likeness (QED) is 0.727. The first-order valence-corrected chi connectivity index (χ1v) is 5.26. The Hall–Kier alpha value is -1.33. The molecule has 0 spiro atoms. The molecule has 0 aromatic carbocycles. The van der Waals surface area contributed by atoms with E-state index < -0.39 is 18.2 Å². The van der Waals surface area contributed by atoms with Crippen molar-refractivity contribution in [3.63, 3.8) is 0 Å². The van der Waals surface area contributed by atoms with Gasteiger partial charge >= 0.3 is 5.97 Å². The number of esters is 1. The monoisotopic (exact) mass is 226 g/mol. The van der Waals surface area contributed by atoms with E-state index in [4.69, 9.17) is 18.6 Å². The van der Waals surface area contributed by atoms with Crippen molar-refractivity contribution >= 4 is 5.97 Å². The van der Waals surface area contributed by atoms with Gasteiger partial charge in [0.2, 0.25) is 0 Å². The molecule has 1 aromatic heterocycles. The highest BCUT2D eigenvalue weighted by atomic mass is 16.6. The molecule has 1 fully saturated rings. The molecule has 0 saturated carbocycles. The van der Waals surface area contributed by atoms with Crippen LogP contribution in [0.2, 0.25) is 0 Å². The van der Waals surface area contributed by atoms with E-state index in [9.17, 15) is 4.79 Å². The number of carbonyl (C=O) groups excluding carboxylic acids is 1. The molecule has 1 aliphatic rings. The van der Waals surface area contributed by atoms with Crippen LogP contribution in [0.4, 0.5) is 0 Å². The van der Waals surface area contributed by atoms with E-state index in [1.807, 2.05) is 0 Å². The third-order valence-corrected chi connectivity index (χ3v) is 2.30. The summed E-state index contributed by atoms with van der Waals surface area (Å²) in [6.07, 6.45) is 0.290.